The van der Waals surface area contributed by atoms with Crippen LogP contribution in [0.25, 0.3) is 11.1 Å². The largest absolute Gasteiger partial charge is 0.207 e. The van der Waals surface area contributed by atoms with Crippen molar-refractivity contribution in [3.8, 4) is 11.1 Å². The fraction of sp³-hybridized carbons (Fsp3) is 0.520. The van der Waals surface area contributed by atoms with Crippen molar-refractivity contribution in [2.45, 2.75) is 71.1 Å². The second-order valence-electron chi connectivity index (χ2n) is 8.13. The molecule has 1 aliphatic carbocycles. The lowest BCUT2D eigenvalue weighted by atomic mass is 9.78. The number of benzene rings is 2. The highest BCUT2D eigenvalue weighted by atomic mass is 19.1. The number of hydrogen-bond acceptors (Lipinski definition) is 0. The first-order valence-corrected chi connectivity index (χ1v) is 10.6. The van der Waals surface area contributed by atoms with Crippen LogP contribution in [0.1, 0.15) is 70.3 Å². The summed E-state index contributed by atoms with van der Waals surface area (Å²) in [6, 6.07) is 15.6. The van der Waals surface area contributed by atoms with Gasteiger partial charge in [0.1, 0.15) is 5.82 Å². The Morgan fingerprint density at radius 3 is 1.85 bits per heavy atom. The molecule has 2 aromatic carbocycles. The van der Waals surface area contributed by atoms with Gasteiger partial charge in [0.2, 0.25) is 0 Å². The molecule has 0 amide bonds. The summed E-state index contributed by atoms with van der Waals surface area (Å²) >= 11 is 0. The summed E-state index contributed by atoms with van der Waals surface area (Å²) < 4.78 is 13.0. The first-order valence-electron chi connectivity index (χ1n) is 10.6. The van der Waals surface area contributed by atoms with Crippen LogP contribution in [0.15, 0.2) is 48.5 Å². The molecule has 1 heteroatoms. The van der Waals surface area contributed by atoms with E-state index in [0.717, 1.165) is 17.4 Å². The van der Waals surface area contributed by atoms with Crippen molar-refractivity contribution in [3.05, 3.63) is 59.9 Å². The van der Waals surface area contributed by atoms with Crippen molar-refractivity contribution in [1.29, 1.82) is 0 Å². The van der Waals surface area contributed by atoms with Crippen molar-refractivity contribution in [3.63, 3.8) is 0 Å². The Kier molecular flexibility index (Phi) is 7.29. The number of rotatable bonds is 8. The highest BCUT2D eigenvalue weighted by molar-refractivity contribution is 5.63. The maximum absolute atomic E-state index is 13.0. The summed E-state index contributed by atoms with van der Waals surface area (Å²) in [4.78, 5) is 0. The van der Waals surface area contributed by atoms with Gasteiger partial charge in [0, 0.05) is 0 Å². The van der Waals surface area contributed by atoms with Crippen molar-refractivity contribution < 1.29 is 4.39 Å². The Hall–Kier alpha value is -1.63. The van der Waals surface area contributed by atoms with E-state index in [1.54, 1.807) is 0 Å². The van der Waals surface area contributed by atoms with Crippen LogP contribution in [0.4, 0.5) is 4.39 Å². The molecule has 0 spiro atoms. The van der Waals surface area contributed by atoms with E-state index >= 15 is 0 Å². The first-order chi connectivity index (χ1) is 12.7. The second kappa shape index (κ2) is 9.90. The molecule has 1 fully saturated rings. The molecule has 0 N–H and O–H groups in total. The molecule has 0 saturated heterocycles. The number of unbranched alkanes of at least 4 members (excludes halogenated alkanes) is 2. The molecule has 3 rings (SSSR count). The van der Waals surface area contributed by atoms with Crippen molar-refractivity contribution in [2.75, 3.05) is 0 Å². The maximum Gasteiger partial charge on any atom is 0.123 e. The fourth-order valence-electron chi connectivity index (χ4n) is 4.37. The predicted molar refractivity (Wildman–Crippen MR) is 110 cm³/mol. The summed E-state index contributed by atoms with van der Waals surface area (Å²) in [7, 11) is 0. The molecule has 0 bridgehead atoms. The Morgan fingerprint density at radius 2 is 1.27 bits per heavy atom. The highest BCUT2D eigenvalue weighted by Gasteiger charge is 2.20. The minimum atomic E-state index is -0.176. The van der Waals surface area contributed by atoms with Gasteiger partial charge in [-0.1, -0.05) is 94.7 Å². The molecular weight excluding hydrogens is 319 g/mol. The molecule has 1 aliphatic rings. The van der Waals surface area contributed by atoms with Gasteiger partial charge in [-0.15, -0.1) is 0 Å². The Balaban J connectivity index is 1.42. The summed E-state index contributed by atoms with van der Waals surface area (Å²) in [5, 5.41) is 0. The predicted octanol–water partition coefficient (Wildman–Crippen LogP) is 7.81. The molecule has 0 heterocycles. The fourth-order valence-corrected chi connectivity index (χ4v) is 4.37. The van der Waals surface area contributed by atoms with E-state index in [1.807, 2.05) is 12.1 Å². The van der Waals surface area contributed by atoms with E-state index in [4.69, 9.17) is 0 Å². The molecule has 2 aromatic rings. The van der Waals surface area contributed by atoms with Crippen LogP contribution in [0.3, 0.4) is 0 Å². The molecule has 0 unspecified atom stereocenters. The third-order valence-corrected chi connectivity index (χ3v) is 6.16. The van der Waals surface area contributed by atoms with Gasteiger partial charge in [0.15, 0.2) is 0 Å². The lowest BCUT2D eigenvalue weighted by molar-refractivity contribution is 0.249. The van der Waals surface area contributed by atoms with Crippen molar-refractivity contribution >= 4 is 0 Å². The smallest absolute Gasteiger partial charge is 0.123 e. The molecule has 0 aromatic heterocycles. The van der Waals surface area contributed by atoms with Gasteiger partial charge in [-0.05, 0) is 53.5 Å². The van der Waals surface area contributed by atoms with Gasteiger partial charge in [-0.25, -0.2) is 4.39 Å². The van der Waals surface area contributed by atoms with Gasteiger partial charge in [0.05, 0.1) is 0 Å². The minimum absolute atomic E-state index is 0.176. The molecule has 0 radical (unpaired) electrons. The van der Waals surface area contributed by atoms with Crippen molar-refractivity contribution in [2.24, 2.45) is 11.8 Å². The average molecular weight is 353 g/mol. The quantitative estimate of drug-likeness (QED) is 0.425. The Labute approximate surface area is 158 Å². The third kappa shape index (κ3) is 5.69. The molecular formula is C25H33F. The van der Waals surface area contributed by atoms with Crippen LogP contribution in [-0.4, -0.2) is 0 Å². The molecule has 26 heavy (non-hydrogen) atoms. The normalized spacial score (nSPS) is 20.2. The van der Waals surface area contributed by atoms with Crippen LogP contribution < -0.4 is 0 Å². The molecule has 140 valence electrons. The topological polar surface area (TPSA) is 0 Å². The molecule has 0 nitrogen and oxygen atoms in total. The molecule has 1 saturated carbocycles. The van der Waals surface area contributed by atoms with Crippen LogP contribution >= 0.6 is 0 Å². The van der Waals surface area contributed by atoms with E-state index in [2.05, 4.69) is 31.2 Å². The minimum Gasteiger partial charge on any atom is -0.207 e. The van der Waals surface area contributed by atoms with Crippen LogP contribution in [-0.2, 0) is 6.42 Å². The monoisotopic (exact) mass is 352 g/mol. The van der Waals surface area contributed by atoms with E-state index in [9.17, 15) is 4.39 Å². The zero-order valence-corrected chi connectivity index (χ0v) is 16.2. The lowest BCUT2D eigenvalue weighted by Gasteiger charge is -2.28. The van der Waals surface area contributed by atoms with Gasteiger partial charge in [-0.2, -0.15) is 0 Å². The van der Waals surface area contributed by atoms with Crippen LogP contribution in [0.5, 0.6) is 0 Å². The first kappa shape index (κ1) is 19.1. The number of hydrogen-bond donors (Lipinski definition) is 0. The van der Waals surface area contributed by atoms with E-state index in [0.29, 0.717) is 0 Å². The van der Waals surface area contributed by atoms with E-state index < -0.39 is 0 Å². The maximum atomic E-state index is 13.0. The zero-order chi connectivity index (χ0) is 18.2. The van der Waals surface area contributed by atoms with Gasteiger partial charge < -0.3 is 0 Å². The Morgan fingerprint density at radius 1 is 0.731 bits per heavy atom. The number of halogens is 1. The third-order valence-electron chi connectivity index (χ3n) is 6.16. The van der Waals surface area contributed by atoms with E-state index in [1.165, 1.54) is 87.5 Å². The summed E-state index contributed by atoms with van der Waals surface area (Å²) in [5.74, 6) is 1.76. The number of aryl methyl sites for hydroxylation is 1. The summed E-state index contributed by atoms with van der Waals surface area (Å²) in [6.07, 6.45) is 14.0. The SMILES string of the molecule is CCCCC[C@H]1CC[C@H](CCc2ccc(-c3ccc(F)cc3)cc2)CC1. The zero-order valence-electron chi connectivity index (χ0n) is 16.2. The van der Waals surface area contributed by atoms with Gasteiger partial charge in [-0.3, -0.25) is 0 Å². The molecule has 0 atom stereocenters. The van der Waals surface area contributed by atoms with Crippen LogP contribution in [0, 0.1) is 17.7 Å². The summed E-state index contributed by atoms with van der Waals surface area (Å²) in [5.41, 5.74) is 3.68. The standard InChI is InChI=1S/C25H33F/c1-2-3-4-5-20-6-8-21(9-7-20)10-11-22-12-14-23(15-13-22)24-16-18-25(26)19-17-24/h12-21H,2-11H2,1H3/t20-,21-. The second-order valence-corrected chi connectivity index (χ2v) is 8.13. The van der Waals surface area contributed by atoms with E-state index in [-0.39, 0.29) is 5.82 Å². The van der Waals surface area contributed by atoms with Gasteiger partial charge >= 0.3 is 0 Å². The summed E-state index contributed by atoms with van der Waals surface area (Å²) in [6.45, 7) is 2.29. The molecule has 0 aliphatic heterocycles. The Bertz CT molecular complexity index is 633. The average Bonchev–Trinajstić information content (AvgIpc) is 2.69. The van der Waals surface area contributed by atoms with Gasteiger partial charge in [0.25, 0.3) is 0 Å². The highest BCUT2D eigenvalue weighted by Crippen LogP contribution is 2.34. The lowest BCUT2D eigenvalue weighted by Crippen LogP contribution is -2.15. The van der Waals surface area contributed by atoms with Crippen LogP contribution in [0.2, 0.25) is 0 Å². The van der Waals surface area contributed by atoms with Crippen molar-refractivity contribution in [1.82, 2.24) is 0 Å².